The third-order valence-corrected chi connectivity index (χ3v) is 4.19. The van der Waals surface area contributed by atoms with Crippen molar-refractivity contribution in [3.63, 3.8) is 0 Å². The lowest BCUT2D eigenvalue weighted by Gasteiger charge is -1.99. The molecule has 7 heteroatoms. The maximum atomic E-state index is 12.6. The number of pyridine rings is 1. The molecule has 2 N–H and O–H groups in total. The summed E-state index contributed by atoms with van der Waals surface area (Å²) >= 11 is 1.50. The molecule has 114 valence electrons. The summed E-state index contributed by atoms with van der Waals surface area (Å²) in [5.41, 5.74) is 2.84. The summed E-state index contributed by atoms with van der Waals surface area (Å²) in [6, 6.07) is 13.3. The van der Waals surface area contributed by atoms with Crippen LogP contribution in [0, 0.1) is 0 Å². The molecular formula is C16H13N5OS. The molecular weight excluding hydrogens is 310 g/mol. The van der Waals surface area contributed by atoms with Crippen LogP contribution in [0.5, 0.6) is 0 Å². The van der Waals surface area contributed by atoms with Gasteiger partial charge in [0, 0.05) is 6.20 Å². The van der Waals surface area contributed by atoms with Crippen LogP contribution < -0.4 is 5.32 Å². The molecule has 1 amide bonds. The van der Waals surface area contributed by atoms with Crippen molar-refractivity contribution in [3.8, 4) is 0 Å². The van der Waals surface area contributed by atoms with Crippen molar-refractivity contribution >= 4 is 40.2 Å². The van der Waals surface area contributed by atoms with Crippen LogP contribution in [0.4, 0.5) is 5.95 Å². The first-order chi connectivity index (χ1) is 11.3. The van der Waals surface area contributed by atoms with E-state index in [1.54, 1.807) is 0 Å². The molecule has 0 saturated heterocycles. The number of aromatic amines is 1. The fourth-order valence-electron chi connectivity index (χ4n) is 2.50. The number of hydrogen-bond donors (Lipinski definition) is 2. The Morgan fingerprint density at radius 1 is 1.17 bits per heavy atom. The Morgan fingerprint density at radius 2 is 2.00 bits per heavy atom. The molecule has 4 rings (SSSR count). The van der Waals surface area contributed by atoms with Crippen molar-refractivity contribution in [1.29, 1.82) is 0 Å². The van der Waals surface area contributed by atoms with E-state index in [1.165, 1.54) is 11.8 Å². The SMILES string of the molecule is CSc1nc(C(=O)Nc2nc3ccccc3[nH]2)c2ccccn12. The van der Waals surface area contributed by atoms with Crippen LogP contribution in [0.3, 0.4) is 0 Å². The van der Waals surface area contributed by atoms with Crippen molar-refractivity contribution in [2.75, 3.05) is 11.6 Å². The first-order valence-electron chi connectivity index (χ1n) is 7.03. The molecule has 0 aliphatic rings. The lowest BCUT2D eigenvalue weighted by atomic mass is 10.3. The Balaban J connectivity index is 1.71. The molecule has 3 heterocycles. The molecule has 0 aliphatic carbocycles. The Labute approximate surface area is 136 Å². The number of amides is 1. The summed E-state index contributed by atoms with van der Waals surface area (Å²) in [7, 11) is 0. The number of fused-ring (bicyclic) bond motifs is 2. The van der Waals surface area contributed by atoms with Crippen molar-refractivity contribution in [2.45, 2.75) is 5.16 Å². The number of thioether (sulfide) groups is 1. The zero-order valence-corrected chi connectivity index (χ0v) is 13.1. The predicted molar refractivity (Wildman–Crippen MR) is 91.0 cm³/mol. The smallest absolute Gasteiger partial charge is 0.278 e. The van der Waals surface area contributed by atoms with Crippen LogP contribution >= 0.6 is 11.8 Å². The highest BCUT2D eigenvalue weighted by molar-refractivity contribution is 7.98. The van der Waals surface area contributed by atoms with Gasteiger partial charge in [-0.05, 0) is 30.5 Å². The number of nitrogens with one attached hydrogen (secondary N) is 2. The predicted octanol–water partition coefficient (Wildman–Crippen LogP) is 3.18. The molecule has 0 bridgehead atoms. The Kier molecular flexibility index (Phi) is 3.27. The highest BCUT2D eigenvalue weighted by atomic mass is 32.2. The van der Waals surface area contributed by atoms with Gasteiger partial charge in [0.1, 0.15) is 0 Å². The van der Waals surface area contributed by atoms with E-state index in [0.717, 1.165) is 21.7 Å². The van der Waals surface area contributed by atoms with Gasteiger partial charge in [-0.25, -0.2) is 9.97 Å². The van der Waals surface area contributed by atoms with Crippen LogP contribution in [0.25, 0.3) is 16.6 Å². The van der Waals surface area contributed by atoms with Crippen molar-refractivity contribution in [3.05, 3.63) is 54.4 Å². The number of para-hydroxylation sites is 2. The van der Waals surface area contributed by atoms with Gasteiger partial charge < -0.3 is 4.98 Å². The number of carbonyl (C=O) groups is 1. The van der Waals surface area contributed by atoms with Crippen molar-refractivity contribution < 1.29 is 4.79 Å². The van der Waals surface area contributed by atoms with E-state index in [1.807, 2.05) is 59.3 Å². The molecule has 0 unspecified atom stereocenters. The van der Waals surface area contributed by atoms with Crippen molar-refractivity contribution in [1.82, 2.24) is 19.4 Å². The van der Waals surface area contributed by atoms with Gasteiger partial charge in [0.2, 0.25) is 5.95 Å². The van der Waals surface area contributed by atoms with E-state index in [-0.39, 0.29) is 5.91 Å². The number of H-pyrrole nitrogens is 1. The number of hydrogen-bond acceptors (Lipinski definition) is 4. The highest BCUT2D eigenvalue weighted by Gasteiger charge is 2.18. The minimum Gasteiger partial charge on any atom is -0.324 e. The Morgan fingerprint density at radius 3 is 2.83 bits per heavy atom. The fourth-order valence-corrected chi connectivity index (χ4v) is 3.04. The Hall–Kier alpha value is -2.80. The van der Waals surface area contributed by atoms with Crippen LogP contribution in [-0.2, 0) is 0 Å². The van der Waals surface area contributed by atoms with E-state index >= 15 is 0 Å². The van der Waals surface area contributed by atoms with Crippen LogP contribution in [0.1, 0.15) is 10.5 Å². The fraction of sp³-hybridized carbons (Fsp3) is 0.0625. The molecule has 0 fully saturated rings. The third kappa shape index (κ3) is 2.35. The van der Waals surface area contributed by atoms with Gasteiger partial charge in [-0.1, -0.05) is 30.0 Å². The van der Waals surface area contributed by atoms with Gasteiger partial charge in [-0.2, -0.15) is 0 Å². The number of aromatic nitrogens is 4. The standard InChI is InChI=1S/C16H13N5OS/c1-23-16-19-13(12-8-4-5-9-21(12)16)14(22)20-15-17-10-6-2-3-7-11(10)18-15/h2-9H,1H3,(H2,17,18,20,22). The van der Waals surface area contributed by atoms with Gasteiger partial charge in [-0.15, -0.1) is 0 Å². The van der Waals surface area contributed by atoms with Gasteiger partial charge in [0.25, 0.3) is 5.91 Å². The topological polar surface area (TPSA) is 75.1 Å². The normalized spacial score (nSPS) is 11.2. The molecule has 3 aromatic heterocycles. The number of benzene rings is 1. The summed E-state index contributed by atoms with van der Waals surface area (Å²) in [5.74, 6) is 0.132. The monoisotopic (exact) mass is 323 g/mol. The minimum absolute atomic E-state index is 0.284. The molecule has 6 nitrogen and oxygen atoms in total. The number of nitrogens with zero attached hydrogens (tertiary/aromatic N) is 3. The average Bonchev–Trinajstić information content (AvgIpc) is 3.15. The van der Waals surface area contributed by atoms with Crippen LogP contribution in [0.15, 0.2) is 53.8 Å². The third-order valence-electron chi connectivity index (χ3n) is 3.53. The molecule has 0 atom stereocenters. The molecule has 0 spiro atoms. The molecule has 23 heavy (non-hydrogen) atoms. The zero-order chi connectivity index (χ0) is 15.8. The first kappa shape index (κ1) is 13.8. The van der Waals surface area contributed by atoms with E-state index in [2.05, 4.69) is 20.3 Å². The summed E-state index contributed by atoms with van der Waals surface area (Å²) in [6.45, 7) is 0. The lowest BCUT2D eigenvalue weighted by molar-refractivity contribution is 0.102. The molecule has 4 aromatic rings. The summed E-state index contributed by atoms with van der Waals surface area (Å²) < 4.78 is 1.90. The molecule has 0 aliphatic heterocycles. The van der Waals surface area contributed by atoms with Gasteiger partial charge >= 0.3 is 0 Å². The molecule has 0 radical (unpaired) electrons. The second-order valence-corrected chi connectivity index (χ2v) is 5.73. The molecule has 0 saturated carbocycles. The van der Waals surface area contributed by atoms with E-state index in [9.17, 15) is 4.79 Å². The van der Waals surface area contributed by atoms with Crippen LogP contribution in [-0.4, -0.2) is 31.5 Å². The zero-order valence-electron chi connectivity index (χ0n) is 12.3. The van der Waals surface area contributed by atoms with E-state index in [4.69, 9.17) is 0 Å². The quantitative estimate of drug-likeness (QED) is 0.568. The van der Waals surface area contributed by atoms with Crippen molar-refractivity contribution in [2.24, 2.45) is 0 Å². The maximum absolute atomic E-state index is 12.6. The minimum atomic E-state index is -0.284. The second kappa shape index (κ2) is 5.44. The maximum Gasteiger partial charge on any atom is 0.278 e. The van der Waals surface area contributed by atoms with Gasteiger partial charge in [0.15, 0.2) is 10.9 Å². The number of rotatable bonds is 3. The lowest BCUT2D eigenvalue weighted by Crippen LogP contribution is -2.13. The largest absolute Gasteiger partial charge is 0.324 e. The second-order valence-electron chi connectivity index (χ2n) is 4.96. The first-order valence-corrected chi connectivity index (χ1v) is 8.26. The van der Waals surface area contributed by atoms with E-state index < -0.39 is 0 Å². The van der Waals surface area contributed by atoms with E-state index in [0.29, 0.717) is 11.6 Å². The molecule has 1 aromatic carbocycles. The Bertz CT molecular complexity index is 987. The summed E-state index contributed by atoms with van der Waals surface area (Å²) in [6.07, 6.45) is 3.83. The van der Waals surface area contributed by atoms with Crippen LogP contribution in [0.2, 0.25) is 0 Å². The number of imidazole rings is 2. The summed E-state index contributed by atoms with van der Waals surface area (Å²) in [5, 5.41) is 3.56. The average molecular weight is 323 g/mol. The highest BCUT2D eigenvalue weighted by Crippen LogP contribution is 2.21. The van der Waals surface area contributed by atoms with Gasteiger partial charge in [-0.3, -0.25) is 14.5 Å². The van der Waals surface area contributed by atoms with Gasteiger partial charge in [0.05, 0.1) is 16.6 Å². The number of anilines is 1. The number of carbonyl (C=O) groups excluding carboxylic acids is 1. The summed E-state index contributed by atoms with van der Waals surface area (Å²) in [4.78, 5) is 24.4.